The number of fused-ring (bicyclic) bond motifs is 3. The number of alkyl halides is 10. The number of hydrogen-bond acceptors (Lipinski definition) is 2. The second-order valence-corrected chi connectivity index (χ2v) is 9.06. The summed E-state index contributed by atoms with van der Waals surface area (Å²) in [5.41, 5.74) is -9.93. The van der Waals surface area contributed by atoms with Crippen LogP contribution in [-0.4, -0.2) is 53.6 Å². The van der Waals surface area contributed by atoms with Gasteiger partial charge in [-0.05, 0) is 36.8 Å². The van der Waals surface area contributed by atoms with Gasteiger partial charge in [0.05, 0.1) is 6.61 Å². The van der Waals surface area contributed by atoms with E-state index in [9.17, 15) is 53.8 Å². The number of aryl methyl sites for hydroxylation is 1. The van der Waals surface area contributed by atoms with Crippen molar-refractivity contribution in [2.75, 3.05) is 13.2 Å². The summed E-state index contributed by atoms with van der Waals surface area (Å²) in [5, 5.41) is 9.58. The normalized spacial score (nSPS) is 23.0. The maximum atomic E-state index is 14.5. The van der Waals surface area contributed by atoms with Crippen LogP contribution >= 0.6 is 0 Å². The second-order valence-electron chi connectivity index (χ2n) is 9.06. The van der Waals surface area contributed by atoms with Gasteiger partial charge in [-0.15, -0.1) is 0 Å². The van der Waals surface area contributed by atoms with Gasteiger partial charge < -0.3 is 10.0 Å². The van der Waals surface area contributed by atoms with E-state index in [1.54, 1.807) is 0 Å². The average molecular weight is 523 g/mol. The van der Waals surface area contributed by atoms with Crippen LogP contribution in [-0.2, 0) is 16.9 Å². The maximum absolute atomic E-state index is 14.5. The monoisotopic (exact) mass is 523 g/mol. The van der Waals surface area contributed by atoms with Crippen molar-refractivity contribution >= 4 is 5.91 Å². The molecule has 0 spiro atoms. The summed E-state index contributed by atoms with van der Waals surface area (Å²) in [7, 11) is 0. The van der Waals surface area contributed by atoms with Gasteiger partial charge in [-0.1, -0.05) is 31.5 Å². The Morgan fingerprint density at radius 3 is 2.06 bits per heavy atom. The lowest BCUT2D eigenvalue weighted by atomic mass is 9.76. The molecule has 0 radical (unpaired) electrons. The van der Waals surface area contributed by atoms with E-state index in [2.05, 4.69) is 0 Å². The zero-order valence-corrected chi connectivity index (χ0v) is 18.4. The number of benzene rings is 1. The molecule has 13 heteroatoms. The summed E-state index contributed by atoms with van der Waals surface area (Å²) in [6.45, 7) is -0.156. The molecule has 1 amide bonds. The molecule has 1 aliphatic heterocycles. The number of carbonyl (C=O) groups is 1. The molecule has 1 N–H and O–H groups in total. The van der Waals surface area contributed by atoms with Crippen LogP contribution in [0.1, 0.15) is 55.2 Å². The van der Waals surface area contributed by atoms with Crippen LogP contribution in [0.5, 0.6) is 0 Å². The Bertz CT molecular complexity index is 941. The van der Waals surface area contributed by atoms with Crippen molar-refractivity contribution in [3.63, 3.8) is 0 Å². The Hall–Kier alpha value is -2.05. The van der Waals surface area contributed by atoms with E-state index < -0.39 is 66.1 Å². The minimum Gasteiger partial charge on any atom is -0.395 e. The predicted octanol–water partition coefficient (Wildman–Crippen LogP) is 5.95. The smallest absolute Gasteiger partial charge is 0.395 e. The molecule has 2 aliphatic rings. The van der Waals surface area contributed by atoms with Crippen LogP contribution < -0.4 is 0 Å². The summed E-state index contributed by atoms with van der Waals surface area (Å²) in [5.74, 6) is -1.95. The van der Waals surface area contributed by atoms with Crippen molar-refractivity contribution in [3.8, 4) is 0 Å². The highest BCUT2D eigenvalue weighted by molar-refractivity contribution is 5.84. The van der Waals surface area contributed by atoms with Gasteiger partial charge in [0.2, 0.25) is 5.91 Å². The number of hydrogen-bond donors (Lipinski definition) is 1. The third-order valence-electron chi connectivity index (χ3n) is 7.14. The summed E-state index contributed by atoms with van der Waals surface area (Å²) in [6.07, 6.45) is -18.3. The Kier molecular flexibility index (Phi) is 6.93. The number of rotatable bonds is 5. The lowest BCUT2D eigenvalue weighted by Gasteiger charge is -2.40. The molecule has 1 aliphatic carbocycles. The Balaban J connectivity index is 1.97. The number of nitrogens with zero attached hydrogens (tertiary/aromatic N) is 1. The van der Waals surface area contributed by atoms with Crippen LogP contribution in [0, 0.1) is 5.41 Å². The lowest BCUT2D eigenvalue weighted by molar-refractivity contribution is -0.348. The van der Waals surface area contributed by atoms with E-state index in [-0.39, 0.29) is 43.4 Å². The topological polar surface area (TPSA) is 40.5 Å². The first-order valence-corrected chi connectivity index (χ1v) is 10.9. The number of aliphatic hydroxyl groups is 1. The first kappa shape index (κ1) is 27.5. The first-order chi connectivity index (χ1) is 16.0. The third kappa shape index (κ3) is 4.17. The molecule has 1 aromatic rings. The van der Waals surface area contributed by atoms with Gasteiger partial charge in [0.25, 0.3) is 0 Å². The largest absolute Gasteiger partial charge is 0.435 e. The number of aliphatic hydroxyl groups excluding tert-OH is 1. The highest BCUT2D eigenvalue weighted by Crippen LogP contribution is 2.54. The van der Waals surface area contributed by atoms with Gasteiger partial charge in [-0.25, -0.2) is 4.39 Å². The molecule has 1 aromatic carbocycles. The Labute approximate surface area is 194 Å². The molecule has 35 heavy (non-hydrogen) atoms. The molecule has 0 bridgehead atoms. The molecular formula is C22H23F10NO2. The van der Waals surface area contributed by atoms with Crippen molar-refractivity contribution in [2.45, 2.75) is 75.2 Å². The van der Waals surface area contributed by atoms with Crippen LogP contribution in [0.2, 0.25) is 0 Å². The van der Waals surface area contributed by atoms with Crippen molar-refractivity contribution in [2.24, 2.45) is 5.41 Å². The van der Waals surface area contributed by atoms with Crippen LogP contribution in [0.15, 0.2) is 18.2 Å². The fourth-order valence-corrected chi connectivity index (χ4v) is 5.32. The van der Waals surface area contributed by atoms with Crippen molar-refractivity contribution in [1.82, 2.24) is 4.90 Å². The summed E-state index contributed by atoms with van der Waals surface area (Å²) in [6, 6.07) is 1.03. The van der Waals surface area contributed by atoms with E-state index in [1.165, 1.54) is 6.92 Å². The molecule has 0 saturated carbocycles. The molecule has 3 rings (SSSR count). The van der Waals surface area contributed by atoms with Crippen molar-refractivity contribution < 1.29 is 53.8 Å². The van der Waals surface area contributed by atoms with E-state index in [4.69, 9.17) is 0 Å². The van der Waals surface area contributed by atoms with Crippen LogP contribution in [0.25, 0.3) is 0 Å². The van der Waals surface area contributed by atoms with Crippen LogP contribution in [0.4, 0.5) is 43.9 Å². The van der Waals surface area contributed by atoms with Gasteiger partial charge in [0.1, 0.15) is 0 Å². The number of halogens is 10. The maximum Gasteiger partial charge on any atom is 0.435 e. The zero-order chi connectivity index (χ0) is 26.6. The number of amides is 1. The predicted molar refractivity (Wildman–Crippen MR) is 103 cm³/mol. The van der Waals surface area contributed by atoms with Gasteiger partial charge in [0.15, 0.2) is 5.41 Å². The lowest BCUT2D eigenvalue weighted by Crippen LogP contribution is -2.56. The Morgan fingerprint density at radius 2 is 1.57 bits per heavy atom. The fraction of sp³-hybridized carbons (Fsp3) is 0.682. The molecule has 3 atom stereocenters. The molecule has 3 nitrogen and oxygen atoms in total. The molecule has 1 saturated heterocycles. The van der Waals surface area contributed by atoms with Crippen LogP contribution in [0.3, 0.4) is 0 Å². The molecular weight excluding hydrogens is 500 g/mol. The van der Waals surface area contributed by atoms with E-state index >= 15 is 0 Å². The standard InChI is InChI=1S/C22H23F10NO2/c1-2-8-18(11-34,20(24,25)26)17(35)33-9-7-15-14-5-4-13(10-12(14)3-6-16(15)33)19(23,21(27,28)29)22(30,31)32/h4-5,10,15-16,34H,2-3,6-9,11H2,1H3/t15-,16+,18+/m0/s1. The molecule has 0 aromatic heterocycles. The summed E-state index contributed by atoms with van der Waals surface area (Å²) in [4.78, 5) is 14.1. The quantitative estimate of drug-likeness (QED) is 0.485. The van der Waals surface area contributed by atoms with E-state index in [1.807, 2.05) is 0 Å². The van der Waals surface area contributed by atoms with Gasteiger partial charge >= 0.3 is 24.2 Å². The summed E-state index contributed by atoms with van der Waals surface area (Å²) < 4.78 is 135. The SMILES string of the molecule is CCC[C@@](CO)(C(=O)N1CC[C@H]2c3ccc(C(F)(C(F)(F)F)C(F)(F)F)cc3CC[C@H]21)C(F)(F)F. The van der Waals surface area contributed by atoms with E-state index in [0.717, 1.165) is 11.0 Å². The molecule has 198 valence electrons. The molecule has 1 heterocycles. The molecule has 0 unspecified atom stereocenters. The fourth-order valence-electron chi connectivity index (χ4n) is 5.32. The average Bonchev–Trinajstić information content (AvgIpc) is 3.18. The van der Waals surface area contributed by atoms with Gasteiger partial charge in [-0.2, -0.15) is 39.5 Å². The Morgan fingerprint density at radius 1 is 0.971 bits per heavy atom. The van der Waals surface area contributed by atoms with Crippen molar-refractivity contribution in [1.29, 1.82) is 0 Å². The minimum absolute atomic E-state index is 0.0198. The third-order valence-corrected chi connectivity index (χ3v) is 7.14. The number of likely N-dealkylation sites (tertiary alicyclic amines) is 1. The summed E-state index contributed by atoms with van der Waals surface area (Å²) >= 11 is 0. The van der Waals surface area contributed by atoms with E-state index in [0.29, 0.717) is 12.1 Å². The highest BCUT2D eigenvalue weighted by atomic mass is 19.4. The number of carbonyl (C=O) groups excluding carboxylic acids is 1. The first-order valence-electron chi connectivity index (χ1n) is 10.9. The minimum atomic E-state index is -6.27. The van der Waals surface area contributed by atoms with Crippen molar-refractivity contribution in [3.05, 3.63) is 34.9 Å². The van der Waals surface area contributed by atoms with Gasteiger partial charge in [-0.3, -0.25) is 4.79 Å². The zero-order valence-electron chi connectivity index (χ0n) is 18.4. The van der Waals surface area contributed by atoms with Gasteiger partial charge in [0, 0.05) is 24.1 Å². The second kappa shape index (κ2) is 8.81. The highest BCUT2D eigenvalue weighted by Gasteiger charge is 2.73. The molecule has 1 fully saturated rings.